The van der Waals surface area contributed by atoms with Crippen molar-refractivity contribution in [1.82, 2.24) is 0 Å². The number of nitrogens with two attached hydrogens (primary N) is 1. The SMILES string of the molecule is C=CCC1CCC2C1(C)CCC1C3(C)CC[CH-]CC3=CCC12N.[Ho]. The quantitative estimate of drug-likeness (QED) is 0.321. The molecule has 0 saturated heterocycles. The Morgan fingerprint density at radius 3 is 2.79 bits per heavy atom. The van der Waals surface area contributed by atoms with Crippen molar-refractivity contribution in [3.05, 3.63) is 30.7 Å². The van der Waals surface area contributed by atoms with Gasteiger partial charge in [-0.05, 0) is 67.1 Å². The molecular weight excluding hydrogens is 443 g/mol. The van der Waals surface area contributed by atoms with Crippen LogP contribution in [0.2, 0.25) is 0 Å². The molecule has 6 unspecified atom stereocenters. The first-order valence-corrected chi connectivity index (χ1v) is 9.86. The summed E-state index contributed by atoms with van der Waals surface area (Å²) in [5.41, 5.74) is 9.87. The van der Waals surface area contributed by atoms with Crippen LogP contribution in [0.3, 0.4) is 0 Å². The zero-order chi connectivity index (χ0) is 16.3. The van der Waals surface area contributed by atoms with E-state index in [0.29, 0.717) is 22.7 Å². The van der Waals surface area contributed by atoms with E-state index < -0.39 is 0 Å². The van der Waals surface area contributed by atoms with Gasteiger partial charge in [-0.2, -0.15) is 12.8 Å². The third-order valence-electron chi connectivity index (χ3n) is 8.69. The van der Waals surface area contributed by atoms with Crippen LogP contribution in [0.1, 0.15) is 71.6 Å². The Morgan fingerprint density at radius 2 is 2.04 bits per heavy atom. The zero-order valence-electron chi connectivity index (χ0n) is 15.4. The summed E-state index contributed by atoms with van der Waals surface area (Å²) in [7, 11) is 0. The molecule has 0 aromatic heterocycles. The average molecular weight is 477 g/mol. The molecule has 24 heavy (non-hydrogen) atoms. The van der Waals surface area contributed by atoms with E-state index in [-0.39, 0.29) is 43.3 Å². The Labute approximate surface area is 178 Å². The molecule has 1 nitrogen and oxygen atoms in total. The first-order valence-electron chi connectivity index (χ1n) is 9.86. The van der Waals surface area contributed by atoms with Gasteiger partial charge in [0.25, 0.3) is 0 Å². The third-order valence-corrected chi connectivity index (χ3v) is 8.69. The summed E-state index contributed by atoms with van der Waals surface area (Å²) in [6, 6.07) is 0. The van der Waals surface area contributed by atoms with E-state index in [1.807, 2.05) is 0 Å². The number of allylic oxidation sites excluding steroid dienone is 2. The van der Waals surface area contributed by atoms with Crippen molar-refractivity contribution in [2.24, 2.45) is 34.3 Å². The summed E-state index contributed by atoms with van der Waals surface area (Å²) in [4.78, 5) is 0. The van der Waals surface area contributed by atoms with Gasteiger partial charge in [0.15, 0.2) is 0 Å². The smallest absolute Gasteiger partial charge is 0.0260 e. The summed E-state index contributed by atoms with van der Waals surface area (Å²) in [6.45, 7) is 9.11. The third kappa shape index (κ3) is 2.55. The van der Waals surface area contributed by atoms with Crippen LogP contribution in [0.4, 0.5) is 0 Å². The molecule has 0 amide bonds. The van der Waals surface area contributed by atoms with Crippen molar-refractivity contribution in [1.29, 1.82) is 0 Å². The molecule has 2 heteroatoms. The van der Waals surface area contributed by atoms with Crippen LogP contribution in [-0.4, -0.2) is 5.54 Å². The van der Waals surface area contributed by atoms with Crippen molar-refractivity contribution >= 4 is 0 Å². The molecule has 3 saturated carbocycles. The van der Waals surface area contributed by atoms with Crippen LogP contribution in [0.5, 0.6) is 0 Å². The maximum absolute atomic E-state index is 7.30. The van der Waals surface area contributed by atoms with E-state index in [4.69, 9.17) is 5.73 Å². The summed E-state index contributed by atoms with van der Waals surface area (Å²) < 4.78 is 0. The van der Waals surface area contributed by atoms with E-state index in [9.17, 15) is 0 Å². The number of hydrogen-bond donors (Lipinski definition) is 1. The fourth-order valence-corrected chi connectivity index (χ4v) is 7.39. The number of rotatable bonds is 2. The molecule has 0 heterocycles. The minimum Gasteiger partial charge on any atom is -0.325 e. The van der Waals surface area contributed by atoms with Crippen molar-refractivity contribution < 1.29 is 37.7 Å². The fraction of sp³-hybridized carbons (Fsp3) is 0.773. The molecule has 1 radical (unpaired) electrons. The second-order valence-corrected chi connectivity index (χ2v) is 9.44. The van der Waals surface area contributed by atoms with Gasteiger partial charge >= 0.3 is 0 Å². The van der Waals surface area contributed by atoms with Gasteiger partial charge in [-0.1, -0.05) is 38.0 Å². The summed E-state index contributed by atoms with van der Waals surface area (Å²) in [5.74, 6) is 2.22. The number of hydrogen-bond acceptors (Lipinski definition) is 1. The molecule has 2 N–H and O–H groups in total. The van der Waals surface area contributed by atoms with Crippen molar-refractivity contribution in [3.8, 4) is 0 Å². The van der Waals surface area contributed by atoms with Crippen LogP contribution in [0.25, 0.3) is 0 Å². The maximum Gasteiger partial charge on any atom is 0.0260 e. The van der Waals surface area contributed by atoms with Gasteiger partial charge in [0.1, 0.15) is 0 Å². The van der Waals surface area contributed by atoms with E-state index in [1.54, 1.807) is 5.57 Å². The van der Waals surface area contributed by atoms with Crippen LogP contribution in [0.15, 0.2) is 24.3 Å². The fourth-order valence-electron chi connectivity index (χ4n) is 7.39. The van der Waals surface area contributed by atoms with E-state index >= 15 is 0 Å². The molecule has 0 aliphatic heterocycles. The van der Waals surface area contributed by atoms with Crippen molar-refractivity contribution in [2.45, 2.75) is 77.2 Å². The topological polar surface area (TPSA) is 26.0 Å². The first-order chi connectivity index (χ1) is 10.9. The minimum atomic E-state index is 0. The largest absolute Gasteiger partial charge is 0.325 e. The zero-order valence-corrected chi connectivity index (χ0v) is 17.3. The van der Waals surface area contributed by atoms with Gasteiger partial charge in [0.05, 0.1) is 0 Å². The molecule has 4 rings (SSSR count). The Bertz CT molecular complexity index is 540. The van der Waals surface area contributed by atoms with Crippen LogP contribution in [-0.2, 0) is 0 Å². The minimum absolute atomic E-state index is 0. The Morgan fingerprint density at radius 1 is 1.25 bits per heavy atom. The average Bonchev–Trinajstić information content (AvgIpc) is 2.85. The van der Waals surface area contributed by atoms with Crippen molar-refractivity contribution in [3.63, 3.8) is 0 Å². The van der Waals surface area contributed by atoms with Crippen molar-refractivity contribution in [2.75, 3.05) is 0 Å². The Hall–Kier alpha value is 0.700. The van der Waals surface area contributed by atoms with Gasteiger partial charge in [0, 0.05) is 43.3 Å². The van der Waals surface area contributed by atoms with Crippen LogP contribution < -0.4 is 5.73 Å². The van der Waals surface area contributed by atoms with E-state index in [2.05, 4.69) is 39.0 Å². The Kier molecular flexibility index (Phi) is 5.43. The van der Waals surface area contributed by atoms with Crippen LogP contribution >= 0.6 is 0 Å². The summed E-state index contributed by atoms with van der Waals surface area (Å²) in [5, 5.41) is 0. The molecule has 3 fully saturated rings. The molecule has 0 spiro atoms. The maximum atomic E-state index is 7.30. The molecule has 0 aromatic carbocycles. The molecule has 6 atom stereocenters. The molecule has 0 bridgehead atoms. The Balaban J connectivity index is 0.00000169. The summed E-state index contributed by atoms with van der Waals surface area (Å²) >= 11 is 0. The van der Waals surface area contributed by atoms with Gasteiger partial charge < -0.3 is 12.2 Å². The van der Waals surface area contributed by atoms with Gasteiger partial charge in [0.2, 0.25) is 0 Å². The van der Waals surface area contributed by atoms with E-state index in [1.165, 1.54) is 51.4 Å². The number of fused-ring (bicyclic) bond motifs is 5. The molecule has 4 aliphatic carbocycles. The monoisotopic (exact) mass is 477 g/mol. The van der Waals surface area contributed by atoms with Crippen LogP contribution in [0, 0.1) is 72.7 Å². The second kappa shape index (κ2) is 6.70. The standard InChI is InChI=1S/C22H34N.Ho/c1-4-7-16-9-10-18-21(16,3)14-12-19-20(2)13-6-5-8-17(20)11-15-22(18,19)23;/h4-5,11,16,18-19H,1,6-10,12-15,23H2,2-3H3;/q-1;. The predicted molar refractivity (Wildman–Crippen MR) is 97.7 cm³/mol. The first kappa shape index (κ1) is 19.5. The second-order valence-electron chi connectivity index (χ2n) is 9.44. The molecular formula is C22H34HoN-. The molecule has 4 aliphatic rings. The van der Waals surface area contributed by atoms with Gasteiger partial charge in [-0.25, -0.2) is 0 Å². The van der Waals surface area contributed by atoms with Gasteiger partial charge in [-0.15, -0.1) is 6.58 Å². The normalized spacial score (nSPS) is 50.0. The summed E-state index contributed by atoms with van der Waals surface area (Å²) in [6.07, 6.45) is 18.7. The van der Waals surface area contributed by atoms with Gasteiger partial charge in [-0.3, -0.25) is 0 Å². The molecule has 0 aromatic rings. The van der Waals surface area contributed by atoms with E-state index in [0.717, 1.165) is 12.3 Å². The molecule has 139 valence electrons. The predicted octanol–water partition coefficient (Wildman–Crippen LogP) is 5.43.